The van der Waals surface area contributed by atoms with Crippen molar-refractivity contribution in [2.45, 2.75) is 20.4 Å². The average molecular weight is 255 g/mol. The van der Waals surface area contributed by atoms with Crippen LogP contribution in [0.5, 0.6) is 5.75 Å². The Hall–Kier alpha value is -1.62. The van der Waals surface area contributed by atoms with E-state index < -0.39 is 5.97 Å². The lowest BCUT2D eigenvalue weighted by molar-refractivity contribution is -0.145. The first-order chi connectivity index (χ1) is 8.65. The van der Waals surface area contributed by atoms with Gasteiger partial charge in [0.2, 0.25) is 0 Å². The highest BCUT2D eigenvalue weighted by Crippen LogP contribution is 2.16. The van der Waals surface area contributed by atoms with E-state index in [4.69, 9.17) is 9.47 Å². The second kappa shape index (κ2) is 7.66. The van der Waals surface area contributed by atoms with Gasteiger partial charge < -0.3 is 14.8 Å². The highest BCUT2D eigenvalue weighted by Gasteiger charge is 2.05. The highest BCUT2D eigenvalue weighted by atomic mass is 19.1. The summed E-state index contributed by atoms with van der Waals surface area (Å²) in [5.74, 6) is -0.518. The Bertz CT molecular complexity index is 396. The van der Waals surface area contributed by atoms with E-state index in [0.29, 0.717) is 18.9 Å². The van der Waals surface area contributed by atoms with E-state index >= 15 is 0 Å². The summed E-state index contributed by atoms with van der Waals surface area (Å²) in [7, 11) is 0. The first-order valence-electron chi connectivity index (χ1n) is 5.94. The third kappa shape index (κ3) is 5.14. The normalized spacial score (nSPS) is 10.2. The molecule has 5 heteroatoms. The summed E-state index contributed by atoms with van der Waals surface area (Å²) in [6.45, 7) is 5.14. The quantitative estimate of drug-likeness (QED) is 0.756. The van der Waals surface area contributed by atoms with E-state index in [-0.39, 0.29) is 12.4 Å². The van der Waals surface area contributed by atoms with Crippen LogP contribution in [0.3, 0.4) is 0 Å². The van der Waals surface area contributed by atoms with E-state index in [1.165, 1.54) is 12.1 Å². The molecule has 1 aromatic rings. The molecular weight excluding hydrogens is 237 g/mol. The summed E-state index contributed by atoms with van der Waals surface area (Å²) < 4.78 is 23.2. The molecule has 0 aliphatic carbocycles. The van der Waals surface area contributed by atoms with Gasteiger partial charge in [-0.25, -0.2) is 9.18 Å². The fourth-order valence-corrected chi connectivity index (χ4v) is 1.42. The van der Waals surface area contributed by atoms with E-state index in [0.717, 1.165) is 12.1 Å². The van der Waals surface area contributed by atoms with Crippen molar-refractivity contribution in [3.8, 4) is 5.75 Å². The van der Waals surface area contributed by atoms with E-state index in [1.807, 2.05) is 6.92 Å². The lowest BCUT2D eigenvalue weighted by Crippen LogP contribution is -2.15. The molecule has 0 unspecified atom stereocenters. The van der Waals surface area contributed by atoms with Crippen molar-refractivity contribution in [1.82, 2.24) is 5.32 Å². The van der Waals surface area contributed by atoms with Crippen LogP contribution >= 0.6 is 0 Å². The Morgan fingerprint density at radius 3 is 2.78 bits per heavy atom. The largest absolute Gasteiger partial charge is 0.482 e. The highest BCUT2D eigenvalue weighted by molar-refractivity contribution is 5.71. The number of esters is 1. The standard InChI is InChI=1S/C13H18FNO3/c1-3-15-8-10-5-11(14)7-12(6-10)18-9-13(16)17-4-2/h5-7,15H,3-4,8-9H2,1-2H3. The van der Waals surface area contributed by atoms with Crippen molar-refractivity contribution >= 4 is 5.97 Å². The van der Waals surface area contributed by atoms with Gasteiger partial charge in [-0.3, -0.25) is 0 Å². The van der Waals surface area contributed by atoms with Gasteiger partial charge >= 0.3 is 5.97 Å². The number of halogens is 1. The van der Waals surface area contributed by atoms with Crippen molar-refractivity contribution in [2.24, 2.45) is 0 Å². The second-order valence-electron chi connectivity index (χ2n) is 3.67. The minimum Gasteiger partial charge on any atom is -0.482 e. The Labute approximate surface area is 106 Å². The molecule has 0 aromatic heterocycles. The zero-order valence-corrected chi connectivity index (χ0v) is 10.7. The zero-order chi connectivity index (χ0) is 13.4. The fraction of sp³-hybridized carbons (Fsp3) is 0.462. The predicted molar refractivity (Wildman–Crippen MR) is 65.9 cm³/mol. The molecule has 1 N–H and O–H groups in total. The maximum atomic E-state index is 13.3. The average Bonchev–Trinajstić information content (AvgIpc) is 2.34. The number of carbonyl (C=O) groups is 1. The Balaban J connectivity index is 2.59. The molecule has 0 radical (unpaired) electrons. The second-order valence-corrected chi connectivity index (χ2v) is 3.67. The number of nitrogens with one attached hydrogen (secondary N) is 1. The monoisotopic (exact) mass is 255 g/mol. The van der Waals surface area contributed by atoms with Gasteiger partial charge in [0.15, 0.2) is 6.61 Å². The number of rotatable bonds is 7. The molecule has 1 rings (SSSR count). The van der Waals surface area contributed by atoms with Gasteiger partial charge in [-0.1, -0.05) is 6.92 Å². The molecule has 0 saturated carbocycles. The molecule has 18 heavy (non-hydrogen) atoms. The minimum atomic E-state index is -0.463. The molecule has 0 saturated heterocycles. The summed E-state index contributed by atoms with van der Waals surface area (Å²) >= 11 is 0. The SMILES string of the molecule is CCNCc1cc(F)cc(OCC(=O)OCC)c1. The van der Waals surface area contributed by atoms with Gasteiger partial charge in [-0.15, -0.1) is 0 Å². The van der Waals surface area contributed by atoms with Crippen LogP contribution in [-0.2, 0) is 16.1 Å². The van der Waals surface area contributed by atoms with Crippen LogP contribution in [0.1, 0.15) is 19.4 Å². The molecule has 0 heterocycles. The third-order valence-electron chi connectivity index (χ3n) is 2.17. The van der Waals surface area contributed by atoms with Gasteiger partial charge in [-0.05, 0) is 31.2 Å². The number of hydrogen-bond acceptors (Lipinski definition) is 4. The molecule has 0 atom stereocenters. The number of carbonyl (C=O) groups excluding carboxylic acids is 1. The van der Waals surface area contributed by atoms with Crippen molar-refractivity contribution in [1.29, 1.82) is 0 Å². The van der Waals surface area contributed by atoms with Crippen LogP contribution in [0.2, 0.25) is 0 Å². The Kier molecular flexibility index (Phi) is 6.14. The Morgan fingerprint density at radius 1 is 1.33 bits per heavy atom. The minimum absolute atomic E-state index is 0.210. The molecular formula is C13H18FNO3. The zero-order valence-electron chi connectivity index (χ0n) is 10.7. The molecule has 4 nitrogen and oxygen atoms in total. The lowest BCUT2D eigenvalue weighted by atomic mass is 10.2. The van der Waals surface area contributed by atoms with Crippen LogP contribution in [0, 0.1) is 5.82 Å². The van der Waals surface area contributed by atoms with Gasteiger partial charge in [0, 0.05) is 12.6 Å². The summed E-state index contributed by atoms with van der Waals surface area (Å²) in [6.07, 6.45) is 0. The fourth-order valence-electron chi connectivity index (χ4n) is 1.42. The van der Waals surface area contributed by atoms with Crippen molar-refractivity contribution < 1.29 is 18.7 Å². The topological polar surface area (TPSA) is 47.6 Å². The first kappa shape index (κ1) is 14.4. The summed E-state index contributed by atoms with van der Waals surface area (Å²) in [5, 5.41) is 3.09. The number of ether oxygens (including phenoxy) is 2. The van der Waals surface area contributed by atoms with Crippen LogP contribution in [0.25, 0.3) is 0 Å². The first-order valence-corrected chi connectivity index (χ1v) is 5.94. The van der Waals surface area contributed by atoms with Gasteiger partial charge in [0.1, 0.15) is 11.6 Å². The van der Waals surface area contributed by atoms with Crippen LogP contribution in [-0.4, -0.2) is 25.7 Å². The van der Waals surface area contributed by atoms with Crippen molar-refractivity contribution in [3.63, 3.8) is 0 Å². The lowest BCUT2D eigenvalue weighted by Gasteiger charge is -2.08. The predicted octanol–water partition coefficient (Wildman–Crippen LogP) is 1.88. The summed E-state index contributed by atoms with van der Waals surface area (Å²) in [4.78, 5) is 11.1. The molecule has 0 amide bonds. The van der Waals surface area contributed by atoms with E-state index in [9.17, 15) is 9.18 Å². The van der Waals surface area contributed by atoms with Crippen molar-refractivity contribution in [3.05, 3.63) is 29.6 Å². The number of hydrogen-bond donors (Lipinski definition) is 1. The smallest absolute Gasteiger partial charge is 0.344 e. The maximum Gasteiger partial charge on any atom is 0.344 e. The van der Waals surface area contributed by atoms with Gasteiger partial charge in [-0.2, -0.15) is 0 Å². The molecule has 100 valence electrons. The van der Waals surface area contributed by atoms with E-state index in [2.05, 4.69) is 5.32 Å². The van der Waals surface area contributed by atoms with Gasteiger partial charge in [0.25, 0.3) is 0 Å². The van der Waals surface area contributed by atoms with E-state index in [1.54, 1.807) is 13.0 Å². The third-order valence-corrected chi connectivity index (χ3v) is 2.17. The maximum absolute atomic E-state index is 13.3. The molecule has 1 aromatic carbocycles. The number of benzene rings is 1. The Morgan fingerprint density at radius 2 is 2.11 bits per heavy atom. The summed E-state index contributed by atoms with van der Waals surface area (Å²) in [5.41, 5.74) is 0.774. The molecule has 0 fully saturated rings. The van der Waals surface area contributed by atoms with Gasteiger partial charge in [0.05, 0.1) is 6.61 Å². The molecule has 0 bridgehead atoms. The molecule has 0 aliphatic rings. The molecule has 0 spiro atoms. The van der Waals surface area contributed by atoms with Crippen LogP contribution < -0.4 is 10.1 Å². The van der Waals surface area contributed by atoms with Crippen molar-refractivity contribution in [2.75, 3.05) is 19.8 Å². The van der Waals surface area contributed by atoms with Crippen LogP contribution in [0.4, 0.5) is 4.39 Å². The molecule has 0 aliphatic heterocycles. The van der Waals surface area contributed by atoms with Crippen LogP contribution in [0.15, 0.2) is 18.2 Å². The summed E-state index contributed by atoms with van der Waals surface area (Å²) in [6, 6.07) is 4.37.